The second kappa shape index (κ2) is 5.30. The molecule has 0 atom stereocenters. The summed E-state index contributed by atoms with van der Waals surface area (Å²) in [5.74, 6) is 0.985. The van der Waals surface area contributed by atoms with Crippen molar-refractivity contribution in [2.45, 2.75) is 52.2 Å². The molecule has 1 aliphatic rings. The Bertz CT molecular complexity index is 621. The number of thiophene rings is 1. The SMILES string of the molecule is CCCCNc1ncnc2sc3c(c12)CC(C)(C)OC3. The molecule has 0 saturated carbocycles. The van der Waals surface area contributed by atoms with E-state index in [0.29, 0.717) is 6.61 Å². The van der Waals surface area contributed by atoms with Gasteiger partial charge in [0.15, 0.2) is 0 Å². The fourth-order valence-electron chi connectivity index (χ4n) is 2.60. The van der Waals surface area contributed by atoms with Crippen LogP contribution >= 0.6 is 11.3 Å². The van der Waals surface area contributed by atoms with Crippen LogP contribution in [0.25, 0.3) is 10.2 Å². The number of unbranched alkanes of at least 4 members (excludes halogenated alkanes) is 1. The molecule has 0 aromatic carbocycles. The number of hydrogen-bond donors (Lipinski definition) is 1. The maximum atomic E-state index is 5.90. The lowest BCUT2D eigenvalue weighted by Crippen LogP contribution is -2.31. The molecule has 0 fully saturated rings. The zero-order valence-electron chi connectivity index (χ0n) is 12.3. The van der Waals surface area contributed by atoms with Gasteiger partial charge in [0.1, 0.15) is 17.0 Å². The predicted octanol–water partition coefficient (Wildman–Crippen LogP) is 3.75. The zero-order valence-corrected chi connectivity index (χ0v) is 13.1. The minimum Gasteiger partial charge on any atom is -0.370 e. The van der Waals surface area contributed by atoms with E-state index in [-0.39, 0.29) is 5.60 Å². The largest absolute Gasteiger partial charge is 0.370 e. The summed E-state index contributed by atoms with van der Waals surface area (Å²) >= 11 is 1.74. The molecule has 1 N–H and O–H groups in total. The highest BCUT2D eigenvalue weighted by Crippen LogP contribution is 2.40. The number of aromatic nitrogens is 2. The van der Waals surface area contributed by atoms with E-state index in [4.69, 9.17) is 4.74 Å². The fraction of sp³-hybridized carbons (Fsp3) is 0.600. The minimum atomic E-state index is -0.0997. The van der Waals surface area contributed by atoms with E-state index < -0.39 is 0 Å². The van der Waals surface area contributed by atoms with E-state index in [1.54, 1.807) is 17.7 Å². The van der Waals surface area contributed by atoms with Crippen LogP contribution in [0.3, 0.4) is 0 Å². The first-order valence-electron chi connectivity index (χ1n) is 7.24. The van der Waals surface area contributed by atoms with Crippen LogP contribution in [-0.2, 0) is 17.8 Å². The van der Waals surface area contributed by atoms with E-state index >= 15 is 0 Å². The van der Waals surface area contributed by atoms with Crippen molar-refractivity contribution in [2.24, 2.45) is 0 Å². The van der Waals surface area contributed by atoms with Crippen molar-refractivity contribution < 1.29 is 4.74 Å². The van der Waals surface area contributed by atoms with Crippen LogP contribution in [0.5, 0.6) is 0 Å². The van der Waals surface area contributed by atoms with Gasteiger partial charge in [-0.3, -0.25) is 0 Å². The number of ether oxygens (including phenoxy) is 1. The molecule has 0 aliphatic carbocycles. The summed E-state index contributed by atoms with van der Waals surface area (Å²) in [6.45, 7) is 8.15. The highest BCUT2D eigenvalue weighted by Gasteiger charge is 2.30. The lowest BCUT2D eigenvalue weighted by atomic mass is 9.94. The quantitative estimate of drug-likeness (QED) is 0.871. The normalized spacial score (nSPS) is 17.1. The lowest BCUT2D eigenvalue weighted by molar-refractivity contribution is -0.0379. The number of nitrogens with one attached hydrogen (secondary N) is 1. The molecule has 20 heavy (non-hydrogen) atoms. The molecule has 3 heterocycles. The van der Waals surface area contributed by atoms with Crippen LogP contribution in [0.15, 0.2) is 6.33 Å². The first kappa shape index (κ1) is 13.8. The third kappa shape index (κ3) is 2.52. The molecule has 4 nitrogen and oxygen atoms in total. The van der Waals surface area contributed by atoms with E-state index in [9.17, 15) is 0 Å². The molecule has 0 radical (unpaired) electrons. The number of rotatable bonds is 4. The number of hydrogen-bond acceptors (Lipinski definition) is 5. The van der Waals surface area contributed by atoms with Crippen molar-refractivity contribution in [1.82, 2.24) is 9.97 Å². The standard InChI is InChI=1S/C15H21N3OS/c1-4-5-6-16-13-12-10-7-15(2,3)19-8-11(10)20-14(12)18-9-17-13/h9H,4-8H2,1-3H3,(H,16,17,18). The Morgan fingerprint density at radius 3 is 3.05 bits per heavy atom. The Hall–Kier alpha value is -1.20. The molecular weight excluding hydrogens is 270 g/mol. The smallest absolute Gasteiger partial charge is 0.138 e. The Labute approximate surface area is 123 Å². The van der Waals surface area contributed by atoms with Crippen LogP contribution in [-0.4, -0.2) is 22.1 Å². The number of nitrogens with zero attached hydrogens (tertiary/aromatic N) is 2. The second-order valence-corrected chi connectivity index (χ2v) is 7.00. The highest BCUT2D eigenvalue weighted by atomic mass is 32.1. The molecule has 0 spiro atoms. The average molecular weight is 291 g/mol. The molecule has 2 aromatic rings. The third-order valence-corrected chi connectivity index (χ3v) is 4.80. The molecule has 3 rings (SSSR count). The Morgan fingerprint density at radius 1 is 1.40 bits per heavy atom. The van der Waals surface area contributed by atoms with Crippen LogP contribution < -0.4 is 5.32 Å². The van der Waals surface area contributed by atoms with E-state index in [1.165, 1.54) is 22.2 Å². The van der Waals surface area contributed by atoms with Gasteiger partial charge in [0.2, 0.25) is 0 Å². The van der Waals surface area contributed by atoms with Gasteiger partial charge in [-0.2, -0.15) is 0 Å². The summed E-state index contributed by atoms with van der Waals surface area (Å²) in [5.41, 5.74) is 1.28. The van der Waals surface area contributed by atoms with E-state index in [1.807, 2.05) is 0 Å². The Kier molecular flexibility index (Phi) is 3.65. The topological polar surface area (TPSA) is 47.0 Å². The molecule has 108 valence electrons. The molecular formula is C15H21N3OS. The maximum absolute atomic E-state index is 5.90. The van der Waals surface area contributed by atoms with Gasteiger partial charge in [-0.05, 0) is 25.8 Å². The van der Waals surface area contributed by atoms with Gasteiger partial charge in [0, 0.05) is 17.8 Å². The van der Waals surface area contributed by atoms with Gasteiger partial charge in [-0.15, -0.1) is 11.3 Å². The molecule has 0 unspecified atom stereocenters. The van der Waals surface area contributed by atoms with Crippen molar-refractivity contribution in [2.75, 3.05) is 11.9 Å². The number of anilines is 1. The summed E-state index contributed by atoms with van der Waals surface area (Å²) < 4.78 is 5.90. The molecule has 0 saturated heterocycles. The predicted molar refractivity (Wildman–Crippen MR) is 83.4 cm³/mol. The highest BCUT2D eigenvalue weighted by molar-refractivity contribution is 7.18. The van der Waals surface area contributed by atoms with E-state index in [2.05, 4.69) is 36.1 Å². The minimum absolute atomic E-state index is 0.0997. The molecule has 5 heteroatoms. The maximum Gasteiger partial charge on any atom is 0.138 e. The van der Waals surface area contributed by atoms with Gasteiger partial charge >= 0.3 is 0 Å². The van der Waals surface area contributed by atoms with Gasteiger partial charge in [0.05, 0.1) is 17.6 Å². The fourth-order valence-corrected chi connectivity index (χ4v) is 3.67. The van der Waals surface area contributed by atoms with E-state index in [0.717, 1.165) is 30.0 Å². The molecule has 0 bridgehead atoms. The summed E-state index contributed by atoms with van der Waals surface area (Å²) in [4.78, 5) is 11.3. The first-order valence-corrected chi connectivity index (χ1v) is 8.05. The Morgan fingerprint density at radius 2 is 2.25 bits per heavy atom. The lowest BCUT2D eigenvalue weighted by Gasteiger charge is -2.30. The van der Waals surface area contributed by atoms with Crippen molar-refractivity contribution in [1.29, 1.82) is 0 Å². The monoisotopic (exact) mass is 291 g/mol. The number of fused-ring (bicyclic) bond motifs is 3. The molecule has 1 aliphatic heterocycles. The second-order valence-electron chi connectivity index (χ2n) is 5.91. The van der Waals surface area contributed by atoms with Crippen molar-refractivity contribution in [3.05, 3.63) is 16.8 Å². The van der Waals surface area contributed by atoms with Crippen molar-refractivity contribution in [3.8, 4) is 0 Å². The van der Waals surface area contributed by atoms with Gasteiger partial charge in [-0.25, -0.2) is 9.97 Å². The van der Waals surface area contributed by atoms with Crippen LogP contribution in [0.4, 0.5) is 5.82 Å². The zero-order chi connectivity index (χ0) is 14.2. The first-order chi connectivity index (χ1) is 9.61. The van der Waals surface area contributed by atoms with Crippen molar-refractivity contribution >= 4 is 27.4 Å². The van der Waals surface area contributed by atoms with Gasteiger partial charge < -0.3 is 10.1 Å². The van der Waals surface area contributed by atoms with Crippen LogP contribution in [0.2, 0.25) is 0 Å². The Balaban J connectivity index is 2.02. The van der Waals surface area contributed by atoms with Gasteiger partial charge in [0.25, 0.3) is 0 Å². The molecule has 2 aromatic heterocycles. The van der Waals surface area contributed by atoms with Crippen LogP contribution in [0, 0.1) is 0 Å². The third-order valence-electron chi connectivity index (χ3n) is 3.69. The molecule has 0 amide bonds. The van der Waals surface area contributed by atoms with Crippen molar-refractivity contribution in [3.63, 3.8) is 0 Å². The van der Waals surface area contributed by atoms with Crippen LogP contribution in [0.1, 0.15) is 44.1 Å². The average Bonchev–Trinajstić information content (AvgIpc) is 2.76. The summed E-state index contributed by atoms with van der Waals surface area (Å²) in [7, 11) is 0. The summed E-state index contributed by atoms with van der Waals surface area (Å²) in [6.07, 6.45) is 4.93. The summed E-state index contributed by atoms with van der Waals surface area (Å²) in [5, 5.41) is 4.68. The summed E-state index contributed by atoms with van der Waals surface area (Å²) in [6, 6.07) is 0. The van der Waals surface area contributed by atoms with Gasteiger partial charge in [-0.1, -0.05) is 13.3 Å².